The van der Waals surface area contributed by atoms with Gasteiger partial charge in [0, 0.05) is 25.4 Å². The number of imidazole rings is 1. The van der Waals surface area contributed by atoms with Gasteiger partial charge in [-0.1, -0.05) is 0 Å². The highest BCUT2D eigenvalue weighted by atomic mass is 16.4. The summed E-state index contributed by atoms with van der Waals surface area (Å²) in [4.78, 5) is 14.2. The minimum atomic E-state index is -0.990. The first-order valence-corrected chi connectivity index (χ1v) is 3.55. The van der Waals surface area contributed by atoms with Crippen molar-refractivity contribution >= 4 is 5.97 Å². The number of aliphatic carboxylic acids is 1. The third-order valence-corrected chi connectivity index (χ3v) is 1.66. The van der Waals surface area contributed by atoms with E-state index >= 15 is 0 Å². The molecular weight excluding hydrogens is 174 g/mol. The molecule has 0 aliphatic carbocycles. The average Bonchev–Trinajstić information content (AvgIpc) is 2.36. The standard InChI is InChI=1S/C7H11N3O2.H2O/c1-10-4-9-3-5(10)2-6(8)7(11)12;/h3-4,6H,2,8H2,1H3,(H,11,12);1H2/t6-;/m0./s1. The van der Waals surface area contributed by atoms with Crippen LogP contribution in [0.4, 0.5) is 0 Å². The van der Waals surface area contributed by atoms with Gasteiger partial charge in [-0.2, -0.15) is 0 Å². The normalized spacial score (nSPS) is 11.8. The van der Waals surface area contributed by atoms with Crippen LogP contribution < -0.4 is 5.73 Å². The molecule has 0 amide bonds. The topological polar surface area (TPSA) is 113 Å². The van der Waals surface area contributed by atoms with Gasteiger partial charge in [0.25, 0.3) is 0 Å². The summed E-state index contributed by atoms with van der Waals surface area (Å²) in [6.45, 7) is 0. The lowest BCUT2D eigenvalue weighted by Gasteiger charge is -2.05. The van der Waals surface area contributed by atoms with E-state index < -0.39 is 12.0 Å². The Bertz CT molecular complexity index is 284. The number of carbonyl (C=O) groups is 1. The summed E-state index contributed by atoms with van der Waals surface area (Å²) in [5.74, 6) is -0.990. The van der Waals surface area contributed by atoms with Gasteiger partial charge in [0.1, 0.15) is 6.04 Å². The number of aromatic nitrogens is 2. The molecule has 13 heavy (non-hydrogen) atoms. The van der Waals surface area contributed by atoms with Crippen molar-refractivity contribution in [3.05, 3.63) is 18.2 Å². The molecule has 1 rings (SSSR count). The van der Waals surface area contributed by atoms with E-state index in [0.29, 0.717) is 6.42 Å². The van der Waals surface area contributed by atoms with E-state index in [9.17, 15) is 4.79 Å². The van der Waals surface area contributed by atoms with Crippen LogP contribution >= 0.6 is 0 Å². The lowest BCUT2D eigenvalue weighted by molar-refractivity contribution is -0.138. The van der Waals surface area contributed by atoms with Crippen LogP contribution in [0.15, 0.2) is 12.5 Å². The Balaban J connectivity index is 0.00000144. The van der Waals surface area contributed by atoms with E-state index in [1.54, 1.807) is 24.1 Å². The molecule has 0 aliphatic heterocycles. The molecule has 0 unspecified atom stereocenters. The maximum absolute atomic E-state index is 10.4. The maximum atomic E-state index is 10.4. The van der Waals surface area contributed by atoms with Gasteiger partial charge in [-0.25, -0.2) is 4.98 Å². The van der Waals surface area contributed by atoms with Crippen LogP contribution in [0.5, 0.6) is 0 Å². The molecule has 5 N–H and O–H groups in total. The number of nitrogens with zero attached hydrogens (tertiary/aromatic N) is 2. The summed E-state index contributed by atoms with van der Waals surface area (Å²) in [5.41, 5.74) is 6.16. The van der Waals surface area contributed by atoms with E-state index in [4.69, 9.17) is 10.8 Å². The number of hydrogen-bond acceptors (Lipinski definition) is 3. The van der Waals surface area contributed by atoms with E-state index in [0.717, 1.165) is 5.69 Å². The van der Waals surface area contributed by atoms with E-state index in [1.807, 2.05) is 0 Å². The fourth-order valence-electron chi connectivity index (χ4n) is 0.894. The van der Waals surface area contributed by atoms with Crippen LogP contribution in [-0.4, -0.2) is 32.1 Å². The zero-order chi connectivity index (χ0) is 9.14. The van der Waals surface area contributed by atoms with E-state index in [-0.39, 0.29) is 5.48 Å². The first-order chi connectivity index (χ1) is 5.61. The minimum absolute atomic E-state index is 0. The second-order valence-electron chi connectivity index (χ2n) is 2.64. The predicted octanol–water partition coefficient (Wildman–Crippen LogP) is -1.45. The minimum Gasteiger partial charge on any atom is -0.480 e. The molecule has 6 heteroatoms. The Hall–Kier alpha value is -1.40. The first-order valence-electron chi connectivity index (χ1n) is 3.55. The summed E-state index contributed by atoms with van der Waals surface area (Å²) in [7, 11) is 1.80. The first kappa shape index (κ1) is 11.6. The lowest BCUT2D eigenvalue weighted by Crippen LogP contribution is -2.32. The third-order valence-electron chi connectivity index (χ3n) is 1.66. The zero-order valence-corrected chi connectivity index (χ0v) is 7.27. The number of nitrogens with two attached hydrogens (primary N) is 1. The van der Waals surface area contributed by atoms with Gasteiger partial charge in [-0.15, -0.1) is 0 Å². The Morgan fingerprint density at radius 3 is 2.85 bits per heavy atom. The van der Waals surface area contributed by atoms with Crippen LogP contribution in [0.3, 0.4) is 0 Å². The third kappa shape index (κ3) is 2.85. The van der Waals surface area contributed by atoms with Crippen molar-refractivity contribution in [1.82, 2.24) is 9.55 Å². The van der Waals surface area contributed by atoms with Gasteiger partial charge < -0.3 is 20.9 Å². The van der Waals surface area contributed by atoms with Crippen molar-refractivity contribution in [3.8, 4) is 0 Å². The summed E-state index contributed by atoms with van der Waals surface area (Å²) >= 11 is 0. The van der Waals surface area contributed by atoms with Crippen molar-refractivity contribution in [1.29, 1.82) is 0 Å². The van der Waals surface area contributed by atoms with E-state index in [1.165, 1.54) is 0 Å². The Morgan fingerprint density at radius 2 is 2.46 bits per heavy atom. The summed E-state index contributed by atoms with van der Waals surface area (Å²) in [6, 6.07) is -0.847. The number of rotatable bonds is 3. The summed E-state index contributed by atoms with van der Waals surface area (Å²) < 4.78 is 1.75. The van der Waals surface area contributed by atoms with Crippen molar-refractivity contribution in [3.63, 3.8) is 0 Å². The molecule has 0 fully saturated rings. The average molecular weight is 187 g/mol. The molecular formula is C7H13N3O3. The highest BCUT2D eigenvalue weighted by Gasteiger charge is 2.13. The molecule has 1 atom stereocenters. The SMILES string of the molecule is Cn1cncc1C[C@H](N)C(=O)O.O. The van der Waals surface area contributed by atoms with Gasteiger partial charge >= 0.3 is 5.97 Å². The number of aryl methyl sites for hydroxylation is 1. The van der Waals surface area contributed by atoms with Gasteiger partial charge in [0.15, 0.2) is 0 Å². The molecule has 1 heterocycles. The Morgan fingerprint density at radius 1 is 1.85 bits per heavy atom. The second-order valence-corrected chi connectivity index (χ2v) is 2.64. The number of hydrogen-bond donors (Lipinski definition) is 2. The Labute approximate surface area is 75.3 Å². The molecule has 74 valence electrons. The molecule has 0 aromatic carbocycles. The largest absolute Gasteiger partial charge is 0.480 e. The molecule has 0 radical (unpaired) electrons. The smallest absolute Gasteiger partial charge is 0.320 e. The van der Waals surface area contributed by atoms with E-state index in [2.05, 4.69) is 4.98 Å². The van der Waals surface area contributed by atoms with Gasteiger partial charge in [0.05, 0.1) is 6.33 Å². The fraction of sp³-hybridized carbons (Fsp3) is 0.429. The molecule has 1 aromatic rings. The molecule has 0 saturated heterocycles. The van der Waals surface area contributed by atoms with Crippen molar-refractivity contribution < 1.29 is 15.4 Å². The molecule has 0 bridgehead atoms. The van der Waals surface area contributed by atoms with Crippen LogP contribution in [0, 0.1) is 0 Å². The summed E-state index contributed by atoms with van der Waals surface area (Å²) in [5, 5.41) is 8.52. The van der Waals surface area contributed by atoms with Gasteiger partial charge in [0.2, 0.25) is 0 Å². The van der Waals surface area contributed by atoms with Gasteiger partial charge in [-0.3, -0.25) is 4.79 Å². The molecule has 1 aromatic heterocycles. The van der Waals surface area contributed by atoms with Crippen LogP contribution in [0.25, 0.3) is 0 Å². The predicted molar refractivity (Wildman–Crippen MR) is 46.1 cm³/mol. The molecule has 0 aliphatic rings. The molecule has 0 saturated carbocycles. The van der Waals surface area contributed by atoms with Crippen LogP contribution in [-0.2, 0) is 18.3 Å². The molecule has 6 nitrogen and oxygen atoms in total. The van der Waals surface area contributed by atoms with Crippen molar-refractivity contribution in [2.45, 2.75) is 12.5 Å². The highest BCUT2D eigenvalue weighted by molar-refractivity contribution is 5.73. The van der Waals surface area contributed by atoms with Gasteiger partial charge in [-0.05, 0) is 0 Å². The highest BCUT2D eigenvalue weighted by Crippen LogP contribution is 1.99. The lowest BCUT2D eigenvalue weighted by atomic mass is 10.2. The number of carboxylic acid groups (broad SMARTS) is 1. The van der Waals surface area contributed by atoms with Crippen molar-refractivity contribution in [2.24, 2.45) is 12.8 Å². The second kappa shape index (κ2) is 4.58. The maximum Gasteiger partial charge on any atom is 0.320 e. The van der Waals surface area contributed by atoms with Crippen LogP contribution in [0.1, 0.15) is 5.69 Å². The Kier molecular flexibility index (Phi) is 4.09. The number of carboxylic acids is 1. The monoisotopic (exact) mass is 187 g/mol. The van der Waals surface area contributed by atoms with Crippen molar-refractivity contribution in [2.75, 3.05) is 0 Å². The van der Waals surface area contributed by atoms with Crippen LogP contribution in [0.2, 0.25) is 0 Å². The fourth-order valence-corrected chi connectivity index (χ4v) is 0.894. The summed E-state index contributed by atoms with van der Waals surface area (Å²) in [6.07, 6.45) is 3.54. The zero-order valence-electron chi connectivity index (χ0n) is 7.27. The molecule has 0 spiro atoms. The quantitative estimate of drug-likeness (QED) is 0.602.